The number of carbonyl (C=O) groups is 1. The highest BCUT2D eigenvalue weighted by atomic mass is 16.5. The van der Waals surface area contributed by atoms with E-state index in [9.17, 15) is 4.79 Å². The summed E-state index contributed by atoms with van der Waals surface area (Å²) in [5.41, 5.74) is 5.80. The van der Waals surface area contributed by atoms with Crippen LogP contribution in [0.3, 0.4) is 0 Å². The molecule has 1 aliphatic heterocycles. The summed E-state index contributed by atoms with van der Waals surface area (Å²) in [5.74, 6) is -0.0661. The van der Waals surface area contributed by atoms with Crippen LogP contribution < -0.4 is 5.73 Å². The first kappa shape index (κ1) is 14.4. The van der Waals surface area contributed by atoms with Gasteiger partial charge in [0.1, 0.15) is 12.2 Å². The maximum atomic E-state index is 12.0. The molecule has 0 radical (unpaired) electrons. The molecule has 1 fully saturated rings. The Morgan fingerprint density at radius 2 is 1.82 bits per heavy atom. The van der Waals surface area contributed by atoms with Gasteiger partial charge in [0.05, 0.1) is 6.04 Å². The second kappa shape index (κ2) is 6.90. The fraction of sp³-hybridized carbons (Fsp3) is 0.909. The standard InChI is InChI=1S/C11H22N2O4/c1-15-5-4-8(12)11(14)13-6-9(16-2)10(7-13)17-3/h8-10H,4-7,12H2,1-3H3. The van der Waals surface area contributed by atoms with E-state index in [0.29, 0.717) is 26.1 Å². The molecule has 17 heavy (non-hydrogen) atoms. The van der Waals surface area contributed by atoms with Gasteiger partial charge in [-0.25, -0.2) is 0 Å². The molecule has 0 aromatic heterocycles. The first-order valence-corrected chi connectivity index (χ1v) is 5.73. The molecule has 1 aliphatic rings. The van der Waals surface area contributed by atoms with Crippen molar-refractivity contribution in [1.29, 1.82) is 0 Å². The summed E-state index contributed by atoms with van der Waals surface area (Å²) >= 11 is 0. The van der Waals surface area contributed by atoms with Crippen LogP contribution in [0.5, 0.6) is 0 Å². The van der Waals surface area contributed by atoms with E-state index in [2.05, 4.69) is 0 Å². The van der Waals surface area contributed by atoms with Crippen LogP contribution >= 0.6 is 0 Å². The normalized spacial score (nSPS) is 26.2. The van der Waals surface area contributed by atoms with E-state index < -0.39 is 6.04 Å². The number of hydrogen-bond donors (Lipinski definition) is 1. The predicted octanol–water partition coefficient (Wildman–Crippen LogP) is -0.778. The van der Waals surface area contributed by atoms with E-state index in [1.807, 2.05) is 0 Å². The number of carbonyl (C=O) groups excluding carboxylic acids is 1. The Balaban J connectivity index is 2.48. The number of nitrogens with two attached hydrogens (primary N) is 1. The lowest BCUT2D eigenvalue weighted by molar-refractivity contribution is -0.132. The number of ether oxygens (including phenoxy) is 3. The van der Waals surface area contributed by atoms with Crippen LogP contribution in [0, 0.1) is 0 Å². The fourth-order valence-electron chi connectivity index (χ4n) is 1.98. The zero-order chi connectivity index (χ0) is 12.8. The summed E-state index contributed by atoms with van der Waals surface area (Å²) in [6, 6.07) is -0.511. The Labute approximate surface area is 102 Å². The first-order valence-electron chi connectivity index (χ1n) is 5.73. The van der Waals surface area contributed by atoms with Crippen LogP contribution in [-0.2, 0) is 19.0 Å². The van der Waals surface area contributed by atoms with Crippen LogP contribution in [0.4, 0.5) is 0 Å². The molecule has 3 unspecified atom stereocenters. The van der Waals surface area contributed by atoms with Gasteiger partial charge in [-0.15, -0.1) is 0 Å². The van der Waals surface area contributed by atoms with Gasteiger partial charge in [0.15, 0.2) is 0 Å². The minimum atomic E-state index is -0.511. The molecule has 1 amide bonds. The third-order valence-corrected chi connectivity index (χ3v) is 3.08. The number of likely N-dealkylation sites (tertiary alicyclic amines) is 1. The lowest BCUT2D eigenvalue weighted by Crippen LogP contribution is -2.43. The fourth-order valence-corrected chi connectivity index (χ4v) is 1.98. The van der Waals surface area contributed by atoms with E-state index >= 15 is 0 Å². The molecule has 0 aromatic rings. The predicted molar refractivity (Wildman–Crippen MR) is 62.6 cm³/mol. The molecule has 1 heterocycles. The van der Waals surface area contributed by atoms with Gasteiger partial charge in [-0.3, -0.25) is 4.79 Å². The van der Waals surface area contributed by atoms with Gasteiger partial charge in [-0.2, -0.15) is 0 Å². The van der Waals surface area contributed by atoms with E-state index in [1.54, 1.807) is 26.2 Å². The molecule has 0 aliphatic carbocycles. The summed E-state index contributed by atoms with van der Waals surface area (Å²) in [4.78, 5) is 13.7. The third kappa shape index (κ3) is 3.64. The van der Waals surface area contributed by atoms with E-state index in [1.165, 1.54) is 0 Å². The molecular formula is C11H22N2O4. The van der Waals surface area contributed by atoms with Gasteiger partial charge >= 0.3 is 0 Å². The van der Waals surface area contributed by atoms with Gasteiger partial charge in [0.2, 0.25) is 5.91 Å². The zero-order valence-electron chi connectivity index (χ0n) is 10.7. The third-order valence-electron chi connectivity index (χ3n) is 3.08. The number of methoxy groups -OCH3 is 3. The molecule has 0 spiro atoms. The molecule has 6 nitrogen and oxygen atoms in total. The Hall–Kier alpha value is -0.690. The monoisotopic (exact) mass is 246 g/mol. The van der Waals surface area contributed by atoms with Crippen molar-refractivity contribution < 1.29 is 19.0 Å². The molecule has 0 saturated carbocycles. The first-order chi connectivity index (χ1) is 8.13. The Morgan fingerprint density at radius 1 is 1.29 bits per heavy atom. The lowest BCUT2D eigenvalue weighted by Gasteiger charge is -2.20. The van der Waals surface area contributed by atoms with E-state index in [-0.39, 0.29) is 18.1 Å². The average Bonchev–Trinajstić information content (AvgIpc) is 2.77. The minimum absolute atomic E-state index is 0.0661. The van der Waals surface area contributed by atoms with Crippen molar-refractivity contribution >= 4 is 5.91 Å². The second-order valence-corrected chi connectivity index (χ2v) is 4.18. The summed E-state index contributed by atoms with van der Waals surface area (Å²) in [7, 11) is 4.83. The Kier molecular flexibility index (Phi) is 5.84. The molecule has 1 saturated heterocycles. The maximum absolute atomic E-state index is 12.0. The summed E-state index contributed by atoms with van der Waals surface area (Å²) in [6.45, 7) is 1.56. The highest BCUT2D eigenvalue weighted by Gasteiger charge is 2.36. The topological polar surface area (TPSA) is 74.0 Å². The van der Waals surface area contributed by atoms with Crippen molar-refractivity contribution in [2.75, 3.05) is 41.0 Å². The number of rotatable bonds is 6. The average molecular weight is 246 g/mol. The molecule has 0 bridgehead atoms. The maximum Gasteiger partial charge on any atom is 0.239 e. The van der Waals surface area contributed by atoms with Gasteiger partial charge < -0.3 is 24.8 Å². The van der Waals surface area contributed by atoms with Crippen molar-refractivity contribution in [3.8, 4) is 0 Å². The molecule has 0 aromatic carbocycles. The Morgan fingerprint density at radius 3 is 2.24 bits per heavy atom. The highest BCUT2D eigenvalue weighted by Crippen LogP contribution is 2.16. The molecule has 2 N–H and O–H groups in total. The SMILES string of the molecule is COCCC(N)C(=O)N1CC(OC)C(OC)C1. The van der Waals surface area contributed by atoms with Gasteiger partial charge in [-0.1, -0.05) is 0 Å². The van der Waals surface area contributed by atoms with Crippen LogP contribution in [0.25, 0.3) is 0 Å². The van der Waals surface area contributed by atoms with Crippen LogP contribution in [-0.4, -0.2) is 70.1 Å². The number of amides is 1. The van der Waals surface area contributed by atoms with Crippen LogP contribution in [0.15, 0.2) is 0 Å². The molecule has 3 atom stereocenters. The van der Waals surface area contributed by atoms with Crippen molar-refractivity contribution in [3.63, 3.8) is 0 Å². The minimum Gasteiger partial charge on any atom is -0.385 e. The molecule has 6 heteroatoms. The zero-order valence-corrected chi connectivity index (χ0v) is 10.7. The number of nitrogens with zero attached hydrogens (tertiary/aromatic N) is 1. The second-order valence-electron chi connectivity index (χ2n) is 4.18. The van der Waals surface area contributed by atoms with Crippen LogP contribution in [0.1, 0.15) is 6.42 Å². The van der Waals surface area contributed by atoms with Crippen molar-refractivity contribution in [1.82, 2.24) is 4.90 Å². The molecule has 1 rings (SSSR count). The quantitative estimate of drug-likeness (QED) is 0.665. The van der Waals surface area contributed by atoms with Gasteiger partial charge in [0.25, 0.3) is 0 Å². The summed E-state index contributed by atoms with van der Waals surface area (Å²) < 4.78 is 15.5. The summed E-state index contributed by atoms with van der Waals surface area (Å²) in [5, 5.41) is 0. The van der Waals surface area contributed by atoms with Crippen LogP contribution in [0.2, 0.25) is 0 Å². The largest absolute Gasteiger partial charge is 0.385 e. The lowest BCUT2D eigenvalue weighted by atomic mass is 10.2. The van der Waals surface area contributed by atoms with Crippen molar-refractivity contribution in [3.05, 3.63) is 0 Å². The van der Waals surface area contributed by atoms with Gasteiger partial charge in [-0.05, 0) is 6.42 Å². The Bertz CT molecular complexity index is 238. The smallest absolute Gasteiger partial charge is 0.239 e. The van der Waals surface area contributed by atoms with Gasteiger partial charge in [0, 0.05) is 41.0 Å². The summed E-state index contributed by atoms with van der Waals surface area (Å²) in [6.07, 6.45) is 0.387. The number of hydrogen-bond acceptors (Lipinski definition) is 5. The molecular weight excluding hydrogens is 224 g/mol. The van der Waals surface area contributed by atoms with E-state index in [4.69, 9.17) is 19.9 Å². The van der Waals surface area contributed by atoms with Crippen molar-refractivity contribution in [2.45, 2.75) is 24.7 Å². The van der Waals surface area contributed by atoms with Crippen molar-refractivity contribution in [2.24, 2.45) is 5.73 Å². The van der Waals surface area contributed by atoms with E-state index in [0.717, 1.165) is 0 Å². The highest BCUT2D eigenvalue weighted by molar-refractivity contribution is 5.82. The molecule has 100 valence electrons.